The third kappa shape index (κ3) is 6.64. The highest BCUT2D eigenvalue weighted by Gasteiger charge is 2.50. The number of alkyl carbamates (subject to hydrolysis) is 1. The number of para-hydroxylation sites is 2. The van der Waals surface area contributed by atoms with E-state index in [0.717, 1.165) is 5.56 Å². The molecule has 0 spiro atoms. The molecule has 2 saturated heterocycles. The van der Waals surface area contributed by atoms with Crippen LogP contribution in [0, 0.1) is 0 Å². The van der Waals surface area contributed by atoms with Crippen molar-refractivity contribution in [1.29, 1.82) is 0 Å². The van der Waals surface area contributed by atoms with Gasteiger partial charge in [-0.05, 0) is 38.5 Å². The molecule has 2 aromatic carbocycles. The van der Waals surface area contributed by atoms with E-state index in [9.17, 15) is 18.0 Å². The SMILES string of the molecule is COc1ccccc1N1C(=NC(=O)[C@@H](Cc2ccccc2)NC(=O)OC(C)(C)C)S[C@H]2CS(=O)(=O)C[C@@H]21. The summed E-state index contributed by atoms with van der Waals surface area (Å²) in [5, 5.41) is 2.78. The number of nitrogens with one attached hydrogen (secondary N) is 1. The van der Waals surface area contributed by atoms with Gasteiger partial charge in [-0.3, -0.25) is 4.79 Å². The molecular formula is C26H31N3O6S2. The summed E-state index contributed by atoms with van der Waals surface area (Å²) in [4.78, 5) is 32.3. The summed E-state index contributed by atoms with van der Waals surface area (Å²) in [5.41, 5.74) is 0.746. The van der Waals surface area contributed by atoms with Gasteiger partial charge in [0.25, 0.3) is 5.91 Å². The maximum atomic E-state index is 13.5. The average Bonchev–Trinajstić information content (AvgIpc) is 3.28. The highest BCUT2D eigenvalue weighted by Crippen LogP contribution is 2.43. The molecular weight excluding hydrogens is 514 g/mol. The lowest BCUT2D eigenvalue weighted by atomic mass is 10.1. The van der Waals surface area contributed by atoms with Gasteiger partial charge in [0.15, 0.2) is 15.0 Å². The Labute approximate surface area is 221 Å². The molecule has 0 aromatic heterocycles. The van der Waals surface area contributed by atoms with Crippen molar-refractivity contribution in [3.05, 3.63) is 60.2 Å². The first-order chi connectivity index (χ1) is 17.5. The van der Waals surface area contributed by atoms with Crippen LogP contribution in [0.15, 0.2) is 59.6 Å². The van der Waals surface area contributed by atoms with E-state index >= 15 is 0 Å². The highest BCUT2D eigenvalue weighted by atomic mass is 32.2. The summed E-state index contributed by atoms with van der Waals surface area (Å²) in [7, 11) is -1.69. The number of carbonyl (C=O) groups is 2. The second kappa shape index (κ2) is 10.7. The number of amidine groups is 1. The summed E-state index contributed by atoms with van der Waals surface area (Å²) in [6.07, 6.45) is -0.499. The van der Waals surface area contributed by atoms with Crippen molar-refractivity contribution in [2.24, 2.45) is 4.99 Å². The molecule has 2 fully saturated rings. The molecule has 2 amide bonds. The quantitative estimate of drug-likeness (QED) is 0.587. The number of nitrogens with zero attached hydrogens (tertiary/aromatic N) is 2. The number of amides is 2. The Morgan fingerprint density at radius 2 is 1.78 bits per heavy atom. The van der Waals surface area contributed by atoms with Crippen LogP contribution >= 0.6 is 11.8 Å². The van der Waals surface area contributed by atoms with Crippen LogP contribution in [0.25, 0.3) is 0 Å². The van der Waals surface area contributed by atoms with Crippen LogP contribution < -0.4 is 15.0 Å². The molecule has 0 radical (unpaired) electrons. The zero-order valence-electron chi connectivity index (χ0n) is 21.2. The van der Waals surface area contributed by atoms with Crippen LogP contribution in [-0.4, -0.2) is 67.1 Å². The molecule has 11 heteroatoms. The van der Waals surface area contributed by atoms with E-state index in [1.54, 1.807) is 31.7 Å². The van der Waals surface area contributed by atoms with E-state index in [2.05, 4.69) is 10.3 Å². The monoisotopic (exact) mass is 545 g/mol. The van der Waals surface area contributed by atoms with Gasteiger partial charge in [-0.25, -0.2) is 13.2 Å². The van der Waals surface area contributed by atoms with Crippen LogP contribution in [0.2, 0.25) is 0 Å². The Morgan fingerprint density at radius 1 is 1.11 bits per heavy atom. The summed E-state index contributed by atoms with van der Waals surface area (Å²) < 4.78 is 35.7. The first-order valence-corrected chi connectivity index (χ1v) is 14.6. The molecule has 0 unspecified atom stereocenters. The minimum atomic E-state index is -3.22. The van der Waals surface area contributed by atoms with E-state index in [0.29, 0.717) is 16.6 Å². The molecule has 0 aliphatic carbocycles. The van der Waals surface area contributed by atoms with E-state index in [1.807, 2.05) is 48.5 Å². The lowest BCUT2D eigenvalue weighted by Gasteiger charge is -2.26. The fraction of sp³-hybridized carbons (Fsp3) is 0.423. The van der Waals surface area contributed by atoms with Crippen molar-refractivity contribution >= 4 is 44.5 Å². The summed E-state index contributed by atoms with van der Waals surface area (Å²) in [5.74, 6) is -0.0505. The number of ether oxygens (including phenoxy) is 2. The molecule has 2 aliphatic rings. The van der Waals surface area contributed by atoms with E-state index in [-0.39, 0.29) is 29.2 Å². The van der Waals surface area contributed by atoms with Gasteiger partial charge in [0.05, 0.1) is 30.3 Å². The van der Waals surface area contributed by atoms with Crippen LogP contribution in [0.3, 0.4) is 0 Å². The fourth-order valence-electron chi connectivity index (χ4n) is 4.35. The third-order valence-electron chi connectivity index (χ3n) is 5.89. The average molecular weight is 546 g/mol. The second-order valence-corrected chi connectivity index (χ2v) is 13.3. The number of rotatable bonds is 6. The first-order valence-electron chi connectivity index (χ1n) is 11.9. The highest BCUT2D eigenvalue weighted by molar-refractivity contribution is 8.16. The molecule has 2 aromatic rings. The molecule has 0 bridgehead atoms. The van der Waals surface area contributed by atoms with Crippen LogP contribution in [0.5, 0.6) is 5.75 Å². The Hall–Kier alpha value is -3.05. The number of hydrogen-bond acceptors (Lipinski definition) is 7. The number of thioether (sulfide) groups is 1. The predicted octanol–water partition coefficient (Wildman–Crippen LogP) is 3.43. The van der Waals surface area contributed by atoms with Crippen molar-refractivity contribution in [2.45, 2.75) is 50.1 Å². The van der Waals surface area contributed by atoms with Crippen molar-refractivity contribution in [3.63, 3.8) is 0 Å². The van der Waals surface area contributed by atoms with Crippen LogP contribution in [-0.2, 0) is 25.8 Å². The van der Waals surface area contributed by atoms with Gasteiger partial charge in [0.2, 0.25) is 0 Å². The normalized spacial score (nSPS) is 22.4. The Bertz CT molecular complexity index is 1290. The number of sulfone groups is 1. The molecule has 1 N–H and O–H groups in total. The zero-order valence-corrected chi connectivity index (χ0v) is 22.8. The number of anilines is 1. The summed E-state index contributed by atoms with van der Waals surface area (Å²) in [6.45, 7) is 5.23. The number of methoxy groups -OCH3 is 1. The summed E-state index contributed by atoms with van der Waals surface area (Å²) >= 11 is 1.26. The lowest BCUT2D eigenvalue weighted by Crippen LogP contribution is -2.45. The molecule has 9 nitrogen and oxygen atoms in total. The van der Waals surface area contributed by atoms with Gasteiger partial charge < -0.3 is 19.7 Å². The smallest absolute Gasteiger partial charge is 0.408 e. The van der Waals surface area contributed by atoms with E-state index in [4.69, 9.17) is 9.47 Å². The van der Waals surface area contributed by atoms with Crippen molar-refractivity contribution in [2.75, 3.05) is 23.5 Å². The van der Waals surface area contributed by atoms with Gasteiger partial charge >= 0.3 is 6.09 Å². The maximum Gasteiger partial charge on any atom is 0.408 e. The zero-order chi connectivity index (χ0) is 26.8. The van der Waals surface area contributed by atoms with Crippen molar-refractivity contribution in [3.8, 4) is 5.75 Å². The van der Waals surface area contributed by atoms with E-state index in [1.165, 1.54) is 18.9 Å². The number of hydrogen-bond donors (Lipinski definition) is 1. The Morgan fingerprint density at radius 3 is 2.46 bits per heavy atom. The molecule has 0 saturated carbocycles. The molecule has 2 aliphatic heterocycles. The summed E-state index contributed by atoms with van der Waals surface area (Å²) in [6, 6.07) is 15.2. The van der Waals surface area contributed by atoms with E-state index < -0.39 is 33.5 Å². The molecule has 2 heterocycles. The molecule has 198 valence electrons. The van der Waals surface area contributed by atoms with Crippen molar-refractivity contribution in [1.82, 2.24) is 5.32 Å². The van der Waals surface area contributed by atoms with Gasteiger partial charge in [-0.2, -0.15) is 4.99 Å². The largest absolute Gasteiger partial charge is 0.495 e. The van der Waals surface area contributed by atoms with Gasteiger partial charge in [0, 0.05) is 11.7 Å². The van der Waals surface area contributed by atoms with Gasteiger partial charge in [0.1, 0.15) is 17.4 Å². The number of carbonyl (C=O) groups excluding carboxylic acids is 2. The number of aliphatic imine (C=N–C) groups is 1. The Balaban J connectivity index is 1.67. The van der Waals surface area contributed by atoms with Crippen LogP contribution in [0.1, 0.15) is 26.3 Å². The maximum absolute atomic E-state index is 13.5. The third-order valence-corrected chi connectivity index (χ3v) is 9.10. The molecule has 4 rings (SSSR count). The molecule has 37 heavy (non-hydrogen) atoms. The number of benzene rings is 2. The standard InChI is InChI=1S/C26H31N3O6S2/c1-26(2,3)35-25(31)27-18(14-17-10-6-5-7-11-17)23(30)28-24-29(19-12-8-9-13-21(19)34-4)20-15-37(32,33)16-22(20)36-24/h5-13,18,20,22H,14-16H2,1-4H3,(H,27,31)/t18-,20+,22+/m1/s1. The minimum Gasteiger partial charge on any atom is -0.495 e. The number of fused-ring (bicyclic) bond motifs is 1. The predicted molar refractivity (Wildman–Crippen MR) is 145 cm³/mol. The topological polar surface area (TPSA) is 114 Å². The minimum absolute atomic E-state index is 0.00476. The van der Waals surface area contributed by atoms with Crippen molar-refractivity contribution < 1.29 is 27.5 Å². The first kappa shape index (κ1) is 27.0. The Kier molecular flexibility index (Phi) is 7.84. The van der Waals surface area contributed by atoms with Crippen LogP contribution in [0.4, 0.5) is 10.5 Å². The second-order valence-electron chi connectivity index (χ2n) is 9.96. The fourth-order valence-corrected chi connectivity index (χ4v) is 8.26. The lowest BCUT2D eigenvalue weighted by molar-refractivity contribution is -0.119. The van der Waals surface area contributed by atoms with Gasteiger partial charge in [-0.15, -0.1) is 0 Å². The van der Waals surface area contributed by atoms with Gasteiger partial charge in [-0.1, -0.05) is 54.2 Å². The molecule has 3 atom stereocenters.